The number of amides is 1. The number of para-hydroxylation sites is 1. The molecule has 0 atom stereocenters. The highest BCUT2D eigenvalue weighted by atomic mass is 16.6. The normalized spacial score (nSPS) is 15.3. The van der Waals surface area contributed by atoms with Crippen LogP contribution in [0.15, 0.2) is 30.5 Å². The SMILES string of the molecule is CC(C)(C)OC(=O)N1CCN(c2ccccc2Cc2cn[nH]n2)CC1. The fraction of sp³-hybridized carbons (Fsp3) is 0.500. The molecule has 1 amide bonds. The third kappa shape index (κ3) is 4.49. The van der Waals surface area contributed by atoms with Crippen LogP contribution in [0.2, 0.25) is 0 Å². The Hall–Kier alpha value is -2.57. The number of benzene rings is 1. The Kier molecular flexibility index (Phi) is 4.92. The number of piperazine rings is 1. The fourth-order valence-corrected chi connectivity index (χ4v) is 2.93. The van der Waals surface area contributed by atoms with Crippen LogP contribution in [0.1, 0.15) is 32.0 Å². The third-order valence-electron chi connectivity index (χ3n) is 4.10. The minimum Gasteiger partial charge on any atom is -0.444 e. The summed E-state index contributed by atoms with van der Waals surface area (Å²) >= 11 is 0. The minimum atomic E-state index is -0.460. The molecule has 25 heavy (non-hydrogen) atoms. The molecule has 134 valence electrons. The third-order valence-corrected chi connectivity index (χ3v) is 4.10. The lowest BCUT2D eigenvalue weighted by Crippen LogP contribution is -2.50. The molecule has 1 aliphatic heterocycles. The van der Waals surface area contributed by atoms with Crippen molar-refractivity contribution in [3.63, 3.8) is 0 Å². The summed E-state index contributed by atoms with van der Waals surface area (Å²) < 4.78 is 5.46. The molecule has 0 unspecified atom stereocenters. The van der Waals surface area contributed by atoms with E-state index in [0.717, 1.165) is 25.2 Å². The predicted octanol–water partition coefficient (Wildman–Crippen LogP) is 2.45. The number of anilines is 1. The zero-order chi connectivity index (χ0) is 17.9. The molecule has 2 aromatic rings. The molecule has 1 fully saturated rings. The zero-order valence-corrected chi connectivity index (χ0v) is 15.0. The van der Waals surface area contributed by atoms with Crippen LogP contribution in [-0.4, -0.2) is 58.2 Å². The fourth-order valence-electron chi connectivity index (χ4n) is 2.93. The summed E-state index contributed by atoms with van der Waals surface area (Å²) in [5.74, 6) is 0. The maximum atomic E-state index is 12.2. The average Bonchev–Trinajstić information content (AvgIpc) is 3.07. The van der Waals surface area contributed by atoms with Crippen LogP contribution >= 0.6 is 0 Å². The summed E-state index contributed by atoms with van der Waals surface area (Å²) in [5.41, 5.74) is 2.86. The number of nitrogens with zero attached hydrogens (tertiary/aromatic N) is 4. The van der Waals surface area contributed by atoms with Crippen LogP contribution in [0.5, 0.6) is 0 Å². The number of carbonyl (C=O) groups excluding carboxylic acids is 1. The van der Waals surface area contributed by atoms with Gasteiger partial charge in [-0.05, 0) is 32.4 Å². The van der Waals surface area contributed by atoms with E-state index in [0.29, 0.717) is 13.1 Å². The Morgan fingerprint density at radius 1 is 1.20 bits per heavy atom. The zero-order valence-electron chi connectivity index (χ0n) is 15.0. The quantitative estimate of drug-likeness (QED) is 0.926. The first-order chi connectivity index (χ1) is 11.9. The molecule has 0 bridgehead atoms. The van der Waals surface area contributed by atoms with Gasteiger partial charge in [-0.15, -0.1) is 0 Å². The lowest BCUT2D eigenvalue weighted by Gasteiger charge is -2.37. The Bertz CT molecular complexity index is 701. The van der Waals surface area contributed by atoms with Gasteiger partial charge >= 0.3 is 6.09 Å². The second kappa shape index (κ2) is 7.13. The molecule has 0 radical (unpaired) electrons. The lowest BCUT2D eigenvalue weighted by molar-refractivity contribution is 0.0240. The highest BCUT2D eigenvalue weighted by Crippen LogP contribution is 2.24. The van der Waals surface area contributed by atoms with Gasteiger partial charge in [0.1, 0.15) is 5.60 Å². The van der Waals surface area contributed by atoms with Gasteiger partial charge < -0.3 is 14.5 Å². The number of aromatic amines is 1. The molecule has 0 aliphatic carbocycles. The van der Waals surface area contributed by atoms with E-state index in [1.807, 2.05) is 32.9 Å². The monoisotopic (exact) mass is 343 g/mol. The van der Waals surface area contributed by atoms with E-state index >= 15 is 0 Å². The number of hydrogen-bond acceptors (Lipinski definition) is 5. The average molecular weight is 343 g/mol. The van der Waals surface area contributed by atoms with Crippen molar-refractivity contribution in [2.75, 3.05) is 31.1 Å². The molecular weight excluding hydrogens is 318 g/mol. The lowest BCUT2D eigenvalue weighted by atomic mass is 10.1. The highest BCUT2D eigenvalue weighted by molar-refractivity contribution is 5.69. The van der Waals surface area contributed by atoms with Crippen LogP contribution in [0.4, 0.5) is 10.5 Å². The number of H-pyrrole nitrogens is 1. The van der Waals surface area contributed by atoms with Crippen LogP contribution in [-0.2, 0) is 11.2 Å². The molecule has 7 nitrogen and oxygen atoms in total. The van der Waals surface area contributed by atoms with Crippen LogP contribution in [0.3, 0.4) is 0 Å². The van der Waals surface area contributed by atoms with Crippen molar-refractivity contribution in [3.05, 3.63) is 41.7 Å². The molecule has 1 aromatic carbocycles. The number of aromatic nitrogens is 3. The number of nitrogens with one attached hydrogen (secondary N) is 1. The molecule has 1 saturated heterocycles. The molecule has 3 rings (SSSR count). The second-order valence-corrected chi connectivity index (χ2v) is 7.22. The van der Waals surface area contributed by atoms with Crippen LogP contribution < -0.4 is 4.90 Å². The molecule has 1 N–H and O–H groups in total. The maximum Gasteiger partial charge on any atom is 0.410 e. The van der Waals surface area contributed by atoms with Crippen LogP contribution in [0, 0.1) is 0 Å². The van der Waals surface area contributed by atoms with Crippen molar-refractivity contribution < 1.29 is 9.53 Å². The van der Waals surface area contributed by atoms with E-state index in [1.165, 1.54) is 11.3 Å². The first-order valence-electron chi connectivity index (χ1n) is 8.58. The van der Waals surface area contributed by atoms with Gasteiger partial charge in [0.15, 0.2) is 0 Å². The largest absolute Gasteiger partial charge is 0.444 e. The van der Waals surface area contributed by atoms with Crippen LogP contribution in [0.25, 0.3) is 0 Å². The van der Waals surface area contributed by atoms with Crippen molar-refractivity contribution in [2.24, 2.45) is 0 Å². The molecule has 2 heterocycles. The van der Waals surface area contributed by atoms with Crippen molar-refractivity contribution in [3.8, 4) is 0 Å². The van der Waals surface area contributed by atoms with Gasteiger partial charge in [-0.25, -0.2) is 4.79 Å². The minimum absolute atomic E-state index is 0.233. The van der Waals surface area contributed by atoms with E-state index in [9.17, 15) is 4.79 Å². The molecule has 1 aromatic heterocycles. The van der Waals surface area contributed by atoms with E-state index in [2.05, 4.69) is 32.4 Å². The number of carbonyl (C=O) groups is 1. The van der Waals surface area contributed by atoms with Gasteiger partial charge in [0.25, 0.3) is 0 Å². The van der Waals surface area contributed by atoms with E-state index < -0.39 is 5.60 Å². The summed E-state index contributed by atoms with van der Waals surface area (Å²) in [5, 5.41) is 10.7. The number of rotatable bonds is 3. The Balaban J connectivity index is 1.64. The van der Waals surface area contributed by atoms with Gasteiger partial charge in [-0.3, -0.25) is 0 Å². The van der Waals surface area contributed by atoms with Crippen molar-refractivity contribution >= 4 is 11.8 Å². The molecule has 0 spiro atoms. The summed E-state index contributed by atoms with van der Waals surface area (Å²) in [6.45, 7) is 8.56. The standard InChI is InChI=1S/C18H25N5O2/c1-18(2,3)25-17(24)23-10-8-22(9-11-23)16-7-5-4-6-14(16)12-15-13-19-21-20-15/h4-7,13H,8-12H2,1-3H3,(H,19,20,21). The Morgan fingerprint density at radius 3 is 2.56 bits per heavy atom. The van der Waals surface area contributed by atoms with Gasteiger partial charge in [-0.2, -0.15) is 15.4 Å². The van der Waals surface area contributed by atoms with Crippen molar-refractivity contribution in [1.29, 1.82) is 0 Å². The first kappa shape index (κ1) is 17.3. The summed E-state index contributed by atoms with van der Waals surface area (Å²) in [4.78, 5) is 16.3. The van der Waals surface area contributed by atoms with E-state index in [4.69, 9.17) is 4.74 Å². The Labute approximate surface area is 148 Å². The predicted molar refractivity (Wildman–Crippen MR) is 95.7 cm³/mol. The number of ether oxygens (including phenoxy) is 1. The van der Waals surface area contributed by atoms with Gasteiger partial charge in [0, 0.05) is 38.3 Å². The van der Waals surface area contributed by atoms with Gasteiger partial charge in [0.05, 0.1) is 11.9 Å². The summed E-state index contributed by atoms with van der Waals surface area (Å²) in [6.07, 6.45) is 2.25. The summed E-state index contributed by atoms with van der Waals surface area (Å²) in [6, 6.07) is 8.32. The van der Waals surface area contributed by atoms with Gasteiger partial charge in [0.2, 0.25) is 0 Å². The first-order valence-corrected chi connectivity index (χ1v) is 8.58. The highest BCUT2D eigenvalue weighted by Gasteiger charge is 2.26. The molecule has 0 saturated carbocycles. The molecule has 1 aliphatic rings. The molecule has 7 heteroatoms. The maximum absolute atomic E-state index is 12.2. The smallest absolute Gasteiger partial charge is 0.410 e. The van der Waals surface area contributed by atoms with E-state index in [-0.39, 0.29) is 6.09 Å². The second-order valence-electron chi connectivity index (χ2n) is 7.22. The van der Waals surface area contributed by atoms with E-state index in [1.54, 1.807) is 11.1 Å². The molecular formula is C18H25N5O2. The topological polar surface area (TPSA) is 74.3 Å². The van der Waals surface area contributed by atoms with Crippen molar-refractivity contribution in [1.82, 2.24) is 20.3 Å². The Morgan fingerprint density at radius 2 is 1.92 bits per heavy atom. The number of hydrogen-bond donors (Lipinski definition) is 1. The van der Waals surface area contributed by atoms with Gasteiger partial charge in [-0.1, -0.05) is 18.2 Å². The summed E-state index contributed by atoms with van der Waals surface area (Å²) in [7, 11) is 0. The van der Waals surface area contributed by atoms with Crippen molar-refractivity contribution in [2.45, 2.75) is 32.8 Å².